The van der Waals surface area contributed by atoms with Crippen LogP contribution in [0.3, 0.4) is 0 Å². The molecule has 0 spiro atoms. The summed E-state index contributed by atoms with van der Waals surface area (Å²) in [5, 5.41) is 0. The summed E-state index contributed by atoms with van der Waals surface area (Å²) in [6.45, 7) is 3.98. The molecule has 1 aromatic rings. The molecule has 0 aliphatic rings. The highest BCUT2D eigenvalue weighted by Crippen LogP contribution is 2.16. The Labute approximate surface area is 90.2 Å². The molecule has 5 heteroatoms. The van der Waals surface area contributed by atoms with Crippen molar-refractivity contribution >= 4 is 10.1 Å². The van der Waals surface area contributed by atoms with E-state index >= 15 is 0 Å². The summed E-state index contributed by atoms with van der Waals surface area (Å²) >= 11 is 0. The largest absolute Gasteiger partial charge is 0.328 e. The van der Waals surface area contributed by atoms with E-state index < -0.39 is 10.1 Å². The van der Waals surface area contributed by atoms with Gasteiger partial charge in [0.15, 0.2) is 0 Å². The van der Waals surface area contributed by atoms with E-state index in [1.54, 1.807) is 12.1 Å². The fourth-order valence-corrected chi connectivity index (χ4v) is 2.10. The second-order valence-corrected chi connectivity index (χ2v) is 4.93. The first-order valence-corrected chi connectivity index (χ1v) is 6.05. The van der Waals surface area contributed by atoms with Crippen molar-refractivity contribution < 1.29 is 12.6 Å². The Morgan fingerprint density at radius 2 is 1.93 bits per heavy atom. The van der Waals surface area contributed by atoms with Gasteiger partial charge in [-0.05, 0) is 37.1 Å². The van der Waals surface area contributed by atoms with Crippen LogP contribution >= 0.6 is 0 Å². The van der Waals surface area contributed by atoms with Gasteiger partial charge in [-0.1, -0.05) is 6.07 Å². The quantitative estimate of drug-likeness (QED) is 0.781. The lowest BCUT2D eigenvalue weighted by Crippen LogP contribution is -2.14. The van der Waals surface area contributed by atoms with Gasteiger partial charge in [0.2, 0.25) is 0 Å². The van der Waals surface area contributed by atoms with Gasteiger partial charge in [-0.3, -0.25) is 4.18 Å². The Morgan fingerprint density at radius 1 is 1.27 bits per heavy atom. The molecule has 0 saturated heterocycles. The molecule has 0 fully saturated rings. The minimum Gasteiger partial charge on any atom is -0.328 e. The zero-order valence-corrected chi connectivity index (χ0v) is 9.67. The van der Waals surface area contributed by atoms with Crippen LogP contribution in [0.5, 0.6) is 0 Å². The molecule has 0 aliphatic carbocycles. The van der Waals surface area contributed by atoms with Gasteiger partial charge in [0.25, 0.3) is 10.1 Å². The van der Waals surface area contributed by atoms with Crippen LogP contribution in [0.25, 0.3) is 0 Å². The Hall–Kier alpha value is -0.910. The molecule has 1 aromatic carbocycles. The average molecular weight is 229 g/mol. The van der Waals surface area contributed by atoms with Crippen molar-refractivity contribution in [2.24, 2.45) is 5.73 Å². The van der Waals surface area contributed by atoms with Crippen molar-refractivity contribution in [2.45, 2.75) is 18.7 Å². The lowest BCUT2D eigenvalue weighted by Gasteiger charge is -2.06. The molecule has 0 bridgehead atoms. The molecule has 0 amide bonds. The first-order valence-electron chi connectivity index (χ1n) is 4.64. The summed E-state index contributed by atoms with van der Waals surface area (Å²) in [5.41, 5.74) is 7.15. The van der Waals surface area contributed by atoms with Gasteiger partial charge in [0.1, 0.15) is 0 Å². The Bertz CT molecular complexity index is 440. The average Bonchev–Trinajstić information content (AvgIpc) is 2.19. The molecule has 0 saturated carbocycles. The number of hydrogen-bond donors (Lipinski definition) is 1. The van der Waals surface area contributed by atoms with Crippen LogP contribution in [0.2, 0.25) is 0 Å². The predicted molar refractivity (Wildman–Crippen MR) is 58.1 cm³/mol. The fraction of sp³-hybridized carbons (Fsp3) is 0.400. The topological polar surface area (TPSA) is 69.4 Å². The van der Waals surface area contributed by atoms with Crippen molar-refractivity contribution in [3.05, 3.63) is 29.3 Å². The maximum Gasteiger partial charge on any atom is 0.297 e. The van der Waals surface area contributed by atoms with E-state index in [1.165, 1.54) is 6.07 Å². The molecule has 15 heavy (non-hydrogen) atoms. The SMILES string of the molecule is Cc1ccc(S(=O)(=O)OCCN)cc1C. The third-order valence-corrected chi connectivity index (χ3v) is 3.43. The molecule has 0 radical (unpaired) electrons. The normalized spacial score (nSPS) is 11.7. The number of aryl methyl sites for hydroxylation is 2. The first kappa shape index (κ1) is 12.2. The lowest BCUT2D eigenvalue weighted by atomic mass is 10.1. The lowest BCUT2D eigenvalue weighted by molar-refractivity contribution is 0.327. The van der Waals surface area contributed by atoms with Gasteiger partial charge in [-0.2, -0.15) is 8.42 Å². The third-order valence-electron chi connectivity index (χ3n) is 2.12. The Kier molecular flexibility index (Phi) is 3.84. The summed E-state index contributed by atoms with van der Waals surface area (Å²) in [4.78, 5) is 0.180. The van der Waals surface area contributed by atoms with Crippen LogP contribution in [0.4, 0.5) is 0 Å². The van der Waals surface area contributed by atoms with Gasteiger partial charge in [-0.15, -0.1) is 0 Å². The number of nitrogens with two attached hydrogens (primary N) is 1. The molecule has 84 valence electrons. The standard InChI is InChI=1S/C10H15NO3S/c1-8-3-4-10(7-9(8)2)15(12,13)14-6-5-11/h3-4,7H,5-6,11H2,1-2H3. The summed E-state index contributed by atoms with van der Waals surface area (Å²) < 4.78 is 27.9. The van der Waals surface area contributed by atoms with E-state index in [2.05, 4.69) is 0 Å². The second kappa shape index (κ2) is 4.74. The number of hydrogen-bond acceptors (Lipinski definition) is 4. The second-order valence-electron chi connectivity index (χ2n) is 3.31. The molecule has 0 unspecified atom stereocenters. The Morgan fingerprint density at radius 3 is 2.47 bits per heavy atom. The summed E-state index contributed by atoms with van der Waals surface area (Å²) in [5.74, 6) is 0. The van der Waals surface area contributed by atoms with Gasteiger partial charge >= 0.3 is 0 Å². The van der Waals surface area contributed by atoms with Crippen molar-refractivity contribution in [3.8, 4) is 0 Å². The molecule has 0 aliphatic heterocycles. The summed E-state index contributed by atoms with van der Waals surface area (Å²) in [6.07, 6.45) is 0. The monoisotopic (exact) mass is 229 g/mol. The third kappa shape index (κ3) is 3.02. The van der Waals surface area contributed by atoms with E-state index in [4.69, 9.17) is 9.92 Å². The van der Waals surface area contributed by atoms with Crippen molar-refractivity contribution in [2.75, 3.05) is 13.2 Å². The van der Waals surface area contributed by atoms with Gasteiger partial charge in [-0.25, -0.2) is 0 Å². The molecular formula is C10H15NO3S. The molecule has 0 atom stereocenters. The highest BCUT2D eigenvalue weighted by Gasteiger charge is 2.14. The van der Waals surface area contributed by atoms with Crippen LogP contribution in [-0.2, 0) is 14.3 Å². The minimum absolute atomic E-state index is 0.00918. The maximum atomic E-state index is 11.6. The van der Waals surface area contributed by atoms with Gasteiger partial charge in [0, 0.05) is 6.54 Å². The molecule has 0 heterocycles. The first-order chi connectivity index (χ1) is 6.97. The summed E-state index contributed by atoms with van der Waals surface area (Å²) in [7, 11) is -3.64. The van der Waals surface area contributed by atoms with Crippen LogP contribution in [0, 0.1) is 13.8 Å². The van der Waals surface area contributed by atoms with E-state index in [0.717, 1.165) is 11.1 Å². The zero-order chi connectivity index (χ0) is 11.5. The highest BCUT2D eigenvalue weighted by atomic mass is 32.2. The minimum atomic E-state index is -3.64. The van der Waals surface area contributed by atoms with Crippen LogP contribution in [-0.4, -0.2) is 21.6 Å². The van der Waals surface area contributed by atoms with E-state index in [-0.39, 0.29) is 18.0 Å². The molecular weight excluding hydrogens is 214 g/mol. The number of rotatable bonds is 4. The van der Waals surface area contributed by atoms with Gasteiger partial charge in [0.05, 0.1) is 11.5 Å². The van der Waals surface area contributed by atoms with Crippen LogP contribution in [0.15, 0.2) is 23.1 Å². The van der Waals surface area contributed by atoms with Crippen molar-refractivity contribution in [1.82, 2.24) is 0 Å². The van der Waals surface area contributed by atoms with Crippen LogP contribution < -0.4 is 5.73 Å². The van der Waals surface area contributed by atoms with E-state index in [0.29, 0.717) is 0 Å². The van der Waals surface area contributed by atoms with Crippen LogP contribution in [0.1, 0.15) is 11.1 Å². The maximum absolute atomic E-state index is 11.6. The highest BCUT2D eigenvalue weighted by molar-refractivity contribution is 7.86. The predicted octanol–water partition coefficient (Wildman–Crippen LogP) is 0.967. The Balaban J connectivity index is 3.00. The molecule has 0 aromatic heterocycles. The summed E-state index contributed by atoms with van der Waals surface area (Å²) in [6, 6.07) is 4.89. The van der Waals surface area contributed by atoms with Crippen molar-refractivity contribution in [1.29, 1.82) is 0 Å². The fourth-order valence-electron chi connectivity index (χ4n) is 1.10. The van der Waals surface area contributed by atoms with E-state index in [9.17, 15) is 8.42 Å². The van der Waals surface area contributed by atoms with Gasteiger partial charge < -0.3 is 5.73 Å². The van der Waals surface area contributed by atoms with Crippen molar-refractivity contribution in [3.63, 3.8) is 0 Å². The molecule has 4 nitrogen and oxygen atoms in total. The number of benzene rings is 1. The molecule has 2 N–H and O–H groups in total. The zero-order valence-electron chi connectivity index (χ0n) is 8.86. The van der Waals surface area contributed by atoms with E-state index in [1.807, 2.05) is 13.8 Å². The smallest absolute Gasteiger partial charge is 0.297 e. The molecule has 1 rings (SSSR count).